The molecule has 1 saturated carbocycles. The fraction of sp³-hybridized carbons (Fsp3) is 0.632. The maximum absolute atomic E-state index is 12.8. The summed E-state index contributed by atoms with van der Waals surface area (Å²) in [6.45, 7) is 3.74. The van der Waals surface area contributed by atoms with Gasteiger partial charge in [0.15, 0.2) is 0 Å². The second-order valence-corrected chi connectivity index (χ2v) is 6.76. The Kier molecular flexibility index (Phi) is 8.00. The molecule has 1 aliphatic carbocycles. The van der Waals surface area contributed by atoms with Crippen molar-refractivity contribution in [3.05, 3.63) is 29.8 Å². The number of hydrogen-bond donors (Lipinski definition) is 1. The molecule has 2 aliphatic rings. The summed E-state index contributed by atoms with van der Waals surface area (Å²) in [4.78, 5) is 14.8. The van der Waals surface area contributed by atoms with Gasteiger partial charge in [-0.3, -0.25) is 4.79 Å². The third-order valence-electron chi connectivity index (χ3n) is 4.84. The van der Waals surface area contributed by atoms with E-state index in [1.54, 1.807) is 7.11 Å². The van der Waals surface area contributed by atoms with Gasteiger partial charge in [-0.25, -0.2) is 0 Å². The van der Waals surface area contributed by atoms with Crippen LogP contribution in [0, 0.1) is 5.92 Å². The minimum atomic E-state index is 0. The highest BCUT2D eigenvalue weighted by Gasteiger charge is 2.27. The predicted molar refractivity (Wildman–Crippen MR) is 101 cm³/mol. The lowest BCUT2D eigenvalue weighted by Crippen LogP contribution is -2.45. The van der Waals surface area contributed by atoms with Crippen molar-refractivity contribution in [3.8, 4) is 5.75 Å². The van der Waals surface area contributed by atoms with Gasteiger partial charge in [0.2, 0.25) is 0 Å². The zero-order chi connectivity index (χ0) is 16.8. The average molecular weight is 369 g/mol. The van der Waals surface area contributed by atoms with E-state index in [4.69, 9.17) is 9.47 Å². The molecule has 1 heterocycles. The second-order valence-electron chi connectivity index (χ2n) is 6.76. The van der Waals surface area contributed by atoms with Gasteiger partial charge in [0, 0.05) is 26.2 Å². The van der Waals surface area contributed by atoms with Crippen LogP contribution in [0.4, 0.5) is 0 Å². The van der Waals surface area contributed by atoms with E-state index in [1.807, 2.05) is 29.2 Å². The number of ether oxygens (including phenoxy) is 2. The first-order valence-corrected chi connectivity index (χ1v) is 9.01. The van der Waals surface area contributed by atoms with E-state index in [2.05, 4.69) is 5.32 Å². The molecule has 1 aliphatic heterocycles. The molecule has 0 spiro atoms. The molecule has 0 unspecified atom stereocenters. The van der Waals surface area contributed by atoms with Crippen LogP contribution in [0.2, 0.25) is 0 Å². The van der Waals surface area contributed by atoms with Crippen LogP contribution in [0.1, 0.15) is 36.0 Å². The number of carbonyl (C=O) groups excluding carboxylic acids is 1. The molecule has 5 nitrogen and oxygen atoms in total. The number of carbonyl (C=O) groups is 1. The number of methoxy groups -OCH3 is 1. The standard InChI is InChI=1S/C19H28N2O3.ClH/c1-23-12-13-24-18-5-3-2-4-17(18)19(22)21-10-8-16(9-11-21)20-14-15-6-7-15;/h2-5,15-16,20H,6-14H2,1H3;1H. The lowest BCUT2D eigenvalue weighted by atomic mass is 10.0. The van der Waals surface area contributed by atoms with Gasteiger partial charge in [0.1, 0.15) is 12.4 Å². The number of amides is 1. The summed E-state index contributed by atoms with van der Waals surface area (Å²) in [5.41, 5.74) is 0.651. The summed E-state index contributed by atoms with van der Waals surface area (Å²) in [7, 11) is 1.64. The van der Waals surface area contributed by atoms with Gasteiger partial charge in [-0.15, -0.1) is 12.4 Å². The summed E-state index contributed by atoms with van der Waals surface area (Å²) in [6.07, 6.45) is 4.82. The van der Waals surface area contributed by atoms with Crippen molar-refractivity contribution in [1.82, 2.24) is 10.2 Å². The van der Waals surface area contributed by atoms with Gasteiger partial charge in [0.25, 0.3) is 5.91 Å². The quantitative estimate of drug-likeness (QED) is 0.717. The van der Waals surface area contributed by atoms with E-state index >= 15 is 0 Å². The fourth-order valence-electron chi connectivity index (χ4n) is 3.12. The van der Waals surface area contributed by atoms with Crippen molar-refractivity contribution in [2.45, 2.75) is 31.7 Å². The van der Waals surface area contributed by atoms with Crippen LogP contribution in [0.15, 0.2) is 24.3 Å². The van der Waals surface area contributed by atoms with Crippen LogP contribution in [0.3, 0.4) is 0 Å². The fourth-order valence-corrected chi connectivity index (χ4v) is 3.12. The van der Waals surface area contributed by atoms with Crippen LogP contribution in [-0.4, -0.2) is 56.8 Å². The maximum Gasteiger partial charge on any atom is 0.257 e. The summed E-state index contributed by atoms with van der Waals surface area (Å²) in [6, 6.07) is 8.05. The van der Waals surface area contributed by atoms with Crippen molar-refractivity contribution in [2.24, 2.45) is 5.92 Å². The summed E-state index contributed by atoms with van der Waals surface area (Å²) in [5, 5.41) is 3.65. The molecule has 140 valence electrons. The van der Waals surface area contributed by atoms with E-state index in [9.17, 15) is 4.79 Å². The SMILES string of the molecule is COCCOc1ccccc1C(=O)N1CCC(NCC2CC2)CC1.Cl. The van der Waals surface area contributed by atoms with Crippen molar-refractivity contribution in [2.75, 3.05) is 40.0 Å². The summed E-state index contributed by atoms with van der Waals surface area (Å²) < 4.78 is 10.7. The van der Waals surface area contributed by atoms with Gasteiger partial charge >= 0.3 is 0 Å². The Morgan fingerprint density at radius 3 is 2.56 bits per heavy atom. The first-order valence-electron chi connectivity index (χ1n) is 9.01. The maximum atomic E-state index is 12.8. The van der Waals surface area contributed by atoms with Gasteiger partial charge in [-0.05, 0) is 50.3 Å². The van der Waals surface area contributed by atoms with Crippen LogP contribution >= 0.6 is 12.4 Å². The van der Waals surface area contributed by atoms with Crippen molar-refractivity contribution >= 4 is 18.3 Å². The van der Waals surface area contributed by atoms with E-state index in [0.29, 0.717) is 30.6 Å². The van der Waals surface area contributed by atoms with E-state index in [1.165, 1.54) is 12.8 Å². The van der Waals surface area contributed by atoms with Crippen molar-refractivity contribution in [3.63, 3.8) is 0 Å². The minimum Gasteiger partial charge on any atom is -0.490 e. The molecule has 6 heteroatoms. The monoisotopic (exact) mass is 368 g/mol. The van der Waals surface area contributed by atoms with E-state index in [-0.39, 0.29) is 18.3 Å². The molecule has 3 rings (SSSR count). The van der Waals surface area contributed by atoms with Gasteiger partial charge < -0.3 is 19.7 Å². The molecule has 0 atom stereocenters. The molecule has 2 fully saturated rings. The van der Waals surface area contributed by atoms with Crippen molar-refractivity contribution < 1.29 is 14.3 Å². The topological polar surface area (TPSA) is 50.8 Å². The predicted octanol–water partition coefficient (Wildman–Crippen LogP) is 2.74. The Balaban J connectivity index is 0.00000225. The molecule has 1 N–H and O–H groups in total. The highest BCUT2D eigenvalue weighted by molar-refractivity contribution is 5.97. The number of likely N-dealkylation sites (tertiary alicyclic amines) is 1. The first-order chi connectivity index (χ1) is 11.8. The van der Waals surface area contributed by atoms with Gasteiger partial charge in [0.05, 0.1) is 12.2 Å². The number of piperidine rings is 1. The lowest BCUT2D eigenvalue weighted by Gasteiger charge is -2.33. The van der Waals surface area contributed by atoms with Crippen LogP contribution in [0.5, 0.6) is 5.75 Å². The number of hydrogen-bond acceptors (Lipinski definition) is 4. The molecule has 25 heavy (non-hydrogen) atoms. The third kappa shape index (κ3) is 5.87. The second kappa shape index (κ2) is 10.00. The van der Waals surface area contributed by atoms with Crippen LogP contribution in [0.25, 0.3) is 0 Å². The zero-order valence-corrected chi connectivity index (χ0v) is 15.7. The molecule has 1 aromatic carbocycles. The van der Waals surface area contributed by atoms with E-state index < -0.39 is 0 Å². The number of benzene rings is 1. The van der Waals surface area contributed by atoms with Crippen LogP contribution < -0.4 is 10.1 Å². The third-order valence-corrected chi connectivity index (χ3v) is 4.84. The Morgan fingerprint density at radius 1 is 1.16 bits per heavy atom. The zero-order valence-electron chi connectivity index (χ0n) is 14.9. The first kappa shape index (κ1) is 20.0. The number of halogens is 1. The normalized spacial score (nSPS) is 17.9. The van der Waals surface area contributed by atoms with Gasteiger partial charge in [-0.2, -0.15) is 0 Å². The molecule has 1 amide bonds. The Labute approximate surface area is 156 Å². The largest absolute Gasteiger partial charge is 0.490 e. The van der Waals surface area contributed by atoms with Crippen LogP contribution in [-0.2, 0) is 4.74 Å². The Hall–Kier alpha value is -1.30. The number of para-hydroxylation sites is 1. The lowest BCUT2D eigenvalue weighted by molar-refractivity contribution is 0.0698. The smallest absolute Gasteiger partial charge is 0.257 e. The van der Waals surface area contributed by atoms with E-state index in [0.717, 1.165) is 38.4 Å². The van der Waals surface area contributed by atoms with Gasteiger partial charge in [-0.1, -0.05) is 12.1 Å². The molecule has 0 bridgehead atoms. The minimum absolute atomic E-state index is 0. The highest BCUT2D eigenvalue weighted by atomic mass is 35.5. The molecular formula is C19H29ClN2O3. The molecule has 0 radical (unpaired) electrons. The Bertz CT molecular complexity index is 543. The number of nitrogens with zero attached hydrogens (tertiary/aromatic N) is 1. The molecule has 0 aromatic heterocycles. The molecule has 1 saturated heterocycles. The number of nitrogens with one attached hydrogen (secondary N) is 1. The molecular weight excluding hydrogens is 340 g/mol. The molecule has 1 aromatic rings. The summed E-state index contributed by atoms with van der Waals surface area (Å²) >= 11 is 0. The highest BCUT2D eigenvalue weighted by Crippen LogP contribution is 2.28. The van der Waals surface area contributed by atoms with Crippen molar-refractivity contribution in [1.29, 1.82) is 0 Å². The number of rotatable bonds is 8. The average Bonchev–Trinajstić information content (AvgIpc) is 3.45. The summed E-state index contributed by atoms with van der Waals surface area (Å²) in [5.74, 6) is 1.62. The Morgan fingerprint density at radius 2 is 1.88 bits per heavy atom.